The third kappa shape index (κ3) is 4.47. The Hall–Kier alpha value is -0.0400. The van der Waals surface area contributed by atoms with E-state index in [0.29, 0.717) is 0 Å². The fourth-order valence-corrected chi connectivity index (χ4v) is 3.25. The van der Waals surface area contributed by atoms with Gasteiger partial charge in [0.1, 0.15) is 0 Å². The maximum atomic E-state index is 7.02. The normalized spacial score (nSPS) is 19.1. The van der Waals surface area contributed by atoms with Gasteiger partial charge in [0.15, 0.2) is 0 Å². The summed E-state index contributed by atoms with van der Waals surface area (Å²) >= 11 is 0. The van der Waals surface area contributed by atoms with E-state index in [2.05, 4.69) is 69.2 Å². The van der Waals surface area contributed by atoms with Crippen molar-refractivity contribution in [2.75, 3.05) is 0 Å². The Morgan fingerprint density at radius 2 is 0.857 bits per heavy atom. The van der Waals surface area contributed by atoms with Crippen LogP contribution in [0.2, 0.25) is 0 Å². The van der Waals surface area contributed by atoms with Crippen LogP contribution in [0.1, 0.15) is 108 Å². The lowest BCUT2D eigenvalue weighted by molar-refractivity contribution is -0.235. The molecule has 21 heavy (non-hydrogen) atoms. The van der Waals surface area contributed by atoms with Crippen molar-refractivity contribution in [2.24, 2.45) is 10.8 Å². The van der Waals surface area contributed by atoms with Crippen LogP contribution in [0.25, 0.3) is 0 Å². The van der Waals surface area contributed by atoms with Gasteiger partial charge in [0.2, 0.25) is 0 Å². The molecule has 2 unspecified atom stereocenters. The molecule has 0 radical (unpaired) electrons. The predicted octanol–water partition coefficient (Wildman–Crippen LogP) is 6.99. The molecule has 0 aliphatic carbocycles. The quantitative estimate of drug-likeness (QED) is 0.422. The molecule has 0 N–H and O–H groups in total. The minimum Gasteiger partial charge on any atom is -0.368 e. The van der Waals surface area contributed by atoms with Gasteiger partial charge in [-0.15, -0.1) is 0 Å². The summed E-state index contributed by atoms with van der Waals surface area (Å²) in [4.78, 5) is 0. The van der Waals surface area contributed by atoms with E-state index in [1.807, 2.05) is 0 Å². The Morgan fingerprint density at radius 3 is 1.05 bits per heavy atom. The predicted molar refractivity (Wildman–Crippen MR) is 95.9 cm³/mol. The molecule has 0 aromatic rings. The first kappa shape index (κ1) is 21.0. The molecular formula is C20H42O. The smallest absolute Gasteiger partial charge is 0.0712 e. The molecular weight excluding hydrogens is 256 g/mol. The summed E-state index contributed by atoms with van der Waals surface area (Å²) in [6.45, 7) is 23.3. The van der Waals surface area contributed by atoms with E-state index >= 15 is 0 Å². The van der Waals surface area contributed by atoms with Gasteiger partial charge in [-0.05, 0) is 50.4 Å². The van der Waals surface area contributed by atoms with Crippen LogP contribution in [0.15, 0.2) is 0 Å². The van der Waals surface area contributed by atoms with E-state index in [0.717, 1.165) is 25.7 Å². The highest BCUT2D eigenvalue weighted by Gasteiger charge is 2.49. The fraction of sp³-hybridized carbons (Fsp3) is 1.00. The van der Waals surface area contributed by atoms with Crippen molar-refractivity contribution in [1.82, 2.24) is 0 Å². The van der Waals surface area contributed by atoms with Crippen LogP contribution in [0.5, 0.6) is 0 Å². The first-order valence-corrected chi connectivity index (χ1v) is 9.15. The average molecular weight is 299 g/mol. The molecule has 1 heteroatoms. The Balaban J connectivity index is 5.64. The molecule has 0 aliphatic heterocycles. The van der Waals surface area contributed by atoms with Crippen LogP contribution in [-0.2, 0) is 4.74 Å². The van der Waals surface area contributed by atoms with Crippen molar-refractivity contribution >= 4 is 0 Å². The zero-order valence-electron chi connectivity index (χ0n) is 16.7. The molecule has 2 atom stereocenters. The molecule has 0 amide bonds. The summed E-state index contributed by atoms with van der Waals surface area (Å²) in [5, 5.41) is 0. The van der Waals surface area contributed by atoms with Gasteiger partial charge in [0.05, 0.1) is 11.2 Å². The second-order valence-electron chi connectivity index (χ2n) is 8.54. The monoisotopic (exact) mass is 298 g/mol. The molecule has 0 spiro atoms. The van der Waals surface area contributed by atoms with Gasteiger partial charge in [-0.3, -0.25) is 0 Å². The third-order valence-electron chi connectivity index (χ3n) is 6.54. The molecule has 128 valence electrons. The Kier molecular flexibility index (Phi) is 7.47. The highest BCUT2D eigenvalue weighted by Crippen LogP contribution is 2.49. The largest absolute Gasteiger partial charge is 0.368 e. The average Bonchev–Trinajstić information content (AvgIpc) is 2.38. The topological polar surface area (TPSA) is 9.23 Å². The molecule has 0 fully saturated rings. The zero-order chi connectivity index (χ0) is 16.9. The number of hydrogen-bond donors (Lipinski definition) is 0. The van der Waals surface area contributed by atoms with Crippen LogP contribution in [0.4, 0.5) is 0 Å². The summed E-state index contributed by atoms with van der Waals surface area (Å²) in [7, 11) is 0. The van der Waals surface area contributed by atoms with Gasteiger partial charge in [-0.1, -0.05) is 68.2 Å². The van der Waals surface area contributed by atoms with E-state index in [-0.39, 0.29) is 22.0 Å². The molecule has 0 aliphatic rings. The summed E-state index contributed by atoms with van der Waals surface area (Å²) in [5.41, 5.74) is 0.267. The van der Waals surface area contributed by atoms with Gasteiger partial charge in [0, 0.05) is 0 Å². The van der Waals surface area contributed by atoms with E-state index in [1.165, 1.54) is 12.8 Å². The van der Waals surface area contributed by atoms with Gasteiger partial charge in [-0.25, -0.2) is 0 Å². The SMILES string of the molecule is CCCC(C)(OC(C)(CCC)C(C)(C)CC)C(C)(C)CC. The van der Waals surface area contributed by atoms with Gasteiger partial charge in [-0.2, -0.15) is 0 Å². The maximum absolute atomic E-state index is 7.02. The Bertz CT molecular complexity index is 275. The summed E-state index contributed by atoms with van der Waals surface area (Å²) in [6, 6.07) is 0. The summed E-state index contributed by atoms with van der Waals surface area (Å²) in [6.07, 6.45) is 6.92. The lowest BCUT2D eigenvalue weighted by atomic mass is 9.67. The van der Waals surface area contributed by atoms with E-state index in [9.17, 15) is 0 Å². The Morgan fingerprint density at radius 1 is 0.571 bits per heavy atom. The molecule has 0 bridgehead atoms. The fourth-order valence-electron chi connectivity index (χ4n) is 3.25. The molecule has 0 aromatic carbocycles. The molecule has 1 nitrogen and oxygen atoms in total. The summed E-state index contributed by atoms with van der Waals surface area (Å²) < 4.78 is 7.02. The Labute approximate surface area is 135 Å². The minimum absolute atomic E-state index is 0.0626. The number of ether oxygens (including phenoxy) is 1. The molecule has 0 heterocycles. The van der Waals surface area contributed by atoms with Crippen molar-refractivity contribution in [3.8, 4) is 0 Å². The number of rotatable bonds is 10. The van der Waals surface area contributed by atoms with Crippen LogP contribution >= 0.6 is 0 Å². The van der Waals surface area contributed by atoms with Crippen molar-refractivity contribution < 1.29 is 4.74 Å². The molecule has 0 saturated carbocycles. The maximum Gasteiger partial charge on any atom is 0.0712 e. The van der Waals surface area contributed by atoms with Crippen molar-refractivity contribution in [1.29, 1.82) is 0 Å². The molecule has 0 aromatic heterocycles. The van der Waals surface area contributed by atoms with Gasteiger partial charge >= 0.3 is 0 Å². The summed E-state index contributed by atoms with van der Waals surface area (Å²) in [5.74, 6) is 0. The highest BCUT2D eigenvalue weighted by molar-refractivity contribution is 4.98. The zero-order valence-corrected chi connectivity index (χ0v) is 16.7. The van der Waals surface area contributed by atoms with Crippen LogP contribution in [-0.4, -0.2) is 11.2 Å². The first-order valence-electron chi connectivity index (χ1n) is 9.15. The second kappa shape index (κ2) is 7.49. The number of hydrogen-bond acceptors (Lipinski definition) is 1. The lowest BCUT2D eigenvalue weighted by Crippen LogP contribution is -2.55. The molecule has 0 rings (SSSR count). The minimum atomic E-state index is -0.0626. The molecule has 0 saturated heterocycles. The van der Waals surface area contributed by atoms with Crippen molar-refractivity contribution in [3.05, 3.63) is 0 Å². The second-order valence-corrected chi connectivity index (χ2v) is 8.54. The van der Waals surface area contributed by atoms with Crippen LogP contribution in [0.3, 0.4) is 0 Å². The standard InChI is InChI=1S/C20H42O/c1-11-15-19(9,17(5,6)13-3)21-20(10,16-12-2)18(7,8)14-4/h11-16H2,1-10H3. The lowest BCUT2D eigenvalue weighted by Gasteiger charge is -2.54. The van der Waals surface area contributed by atoms with Gasteiger partial charge in [0.25, 0.3) is 0 Å². The first-order chi connectivity index (χ1) is 9.45. The van der Waals surface area contributed by atoms with Crippen LogP contribution < -0.4 is 0 Å². The highest BCUT2D eigenvalue weighted by atomic mass is 16.5. The van der Waals surface area contributed by atoms with E-state index < -0.39 is 0 Å². The van der Waals surface area contributed by atoms with E-state index in [1.54, 1.807) is 0 Å². The van der Waals surface area contributed by atoms with Crippen LogP contribution in [0, 0.1) is 10.8 Å². The third-order valence-corrected chi connectivity index (χ3v) is 6.54. The van der Waals surface area contributed by atoms with Crippen molar-refractivity contribution in [2.45, 2.75) is 119 Å². The van der Waals surface area contributed by atoms with Crippen molar-refractivity contribution in [3.63, 3.8) is 0 Å². The van der Waals surface area contributed by atoms with E-state index in [4.69, 9.17) is 4.74 Å². The van der Waals surface area contributed by atoms with Gasteiger partial charge < -0.3 is 4.74 Å².